The van der Waals surface area contributed by atoms with E-state index < -0.39 is 0 Å². The lowest BCUT2D eigenvalue weighted by atomic mass is 10.1. The molecule has 0 amide bonds. The van der Waals surface area contributed by atoms with E-state index in [4.69, 9.17) is 4.74 Å². The zero-order valence-corrected chi connectivity index (χ0v) is 11.3. The average molecular weight is 242 g/mol. The molecule has 0 rings (SSSR count). The second-order valence-electron chi connectivity index (χ2n) is 4.39. The standard InChI is InChI=1S/C14H26O3/c1-3-5-6-7-8-9-10-11-13(15)12-14(16)17-4-2/h3-12H2,1-2H3. The molecule has 0 atom stereocenters. The third-order valence-electron chi connectivity index (χ3n) is 2.71. The summed E-state index contributed by atoms with van der Waals surface area (Å²) in [5, 5.41) is 0. The summed E-state index contributed by atoms with van der Waals surface area (Å²) in [6.07, 6.45) is 8.80. The fourth-order valence-electron chi connectivity index (χ4n) is 1.74. The van der Waals surface area contributed by atoms with Gasteiger partial charge in [-0.15, -0.1) is 0 Å². The van der Waals surface area contributed by atoms with Gasteiger partial charge in [0.05, 0.1) is 6.61 Å². The molecule has 0 aromatic rings. The SMILES string of the molecule is CCCCCCCCCC(=O)CC(=O)OCC. The number of Topliss-reactive ketones (excluding diaryl/α,β-unsaturated/α-hetero) is 1. The summed E-state index contributed by atoms with van der Waals surface area (Å²) in [7, 11) is 0. The van der Waals surface area contributed by atoms with E-state index in [2.05, 4.69) is 6.92 Å². The average Bonchev–Trinajstić information content (AvgIpc) is 2.28. The van der Waals surface area contributed by atoms with Crippen LogP contribution in [0.5, 0.6) is 0 Å². The first kappa shape index (κ1) is 16.1. The van der Waals surface area contributed by atoms with Crippen LogP contribution in [-0.4, -0.2) is 18.4 Å². The van der Waals surface area contributed by atoms with Crippen molar-refractivity contribution in [3.8, 4) is 0 Å². The molecule has 0 aromatic heterocycles. The van der Waals surface area contributed by atoms with Crippen molar-refractivity contribution >= 4 is 11.8 Å². The highest BCUT2D eigenvalue weighted by Gasteiger charge is 2.09. The van der Waals surface area contributed by atoms with E-state index in [9.17, 15) is 9.59 Å². The molecule has 0 fully saturated rings. The molecule has 0 aliphatic heterocycles. The number of hydrogen-bond donors (Lipinski definition) is 0. The molecule has 17 heavy (non-hydrogen) atoms. The molecule has 0 saturated carbocycles. The Balaban J connectivity index is 3.30. The highest BCUT2D eigenvalue weighted by molar-refractivity contribution is 5.95. The van der Waals surface area contributed by atoms with E-state index in [1.165, 1.54) is 32.1 Å². The monoisotopic (exact) mass is 242 g/mol. The smallest absolute Gasteiger partial charge is 0.313 e. The summed E-state index contributed by atoms with van der Waals surface area (Å²) >= 11 is 0. The second kappa shape index (κ2) is 11.6. The minimum atomic E-state index is -0.388. The molecule has 0 aromatic carbocycles. The van der Waals surface area contributed by atoms with Crippen molar-refractivity contribution < 1.29 is 14.3 Å². The lowest BCUT2D eigenvalue weighted by Gasteiger charge is -2.02. The fraction of sp³-hybridized carbons (Fsp3) is 0.857. The molecule has 0 aliphatic carbocycles. The van der Waals surface area contributed by atoms with Crippen LogP contribution in [0.25, 0.3) is 0 Å². The Morgan fingerprint density at radius 1 is 0.882 bits per heavy atom. The first-order valence-corrected chi connectivity index (χ1v) is 6.88. The number of carbonyl (C=O) groups excluding carboxylic acids is 2. The van der Waals surface area contributed by atoms with Gasteiger partial charge in [-0.2, -0.15) is 0 Å². The summed E-state index contributed by atoms with van der Waals surface area (Å²) in [4.78, 5) is 22.4. The van der Waals surface area contributed by atoms with E-state index in [0.717, 1.165) is 12.8 Å². The number of hydrogen-bond acceptors (Lipinski definition) is 3. The van der Waals surface area contributed by atoms with Gasteiger partial charge in [-0.25, -0.2) is 0 Å². The number of rotatable bonds is 11. The molecule has 100 valence electrons. The van der Waals surface area contributed by atoms with Gasteiger partial charge in [-0.1, -0.05) is 45.4 Å². The van der Waals surface area contributed by atoms with Crippen LogP contribution in [0.15, 0.2) is 0 Å². The lowest BCUT2D eigenvalue weighted by molar-refractivity contribution is -0.145. The highest BCUT2D eigenvalue weighted by atomic mass is 16.5. The Kier molecular flexibility index (Phi) is 11.0. The summed E-state index contributed by atoms with van der Waals surface area (Å²) in [5.74, 6) is -0.377. The number of ketones is 1. The molecule has 0 unspecified atom stereocenters. The third-order valence-corrected chi connectivity index (χ3v) is 2.71. The van der Waals surface area contributed by atoms with E-state index in [1.807, 2.05) is 0 Å². The minimum absolute atomic E-state index is 0.0111. The molecule has 0 heterocycles. The van der Waals surface area contributed by atoms with Crippen LogP contribution < -0.4 is 0 Å². The van der Waals surface area contributed by atoms with Crippen LogP contribution in [0.3, 0.4) is 0 Å². The van der Waals surface area contributed by atoms with Gasteiger partial charge in [-0.05, 0) is 13.3 Å². The summed E-state index contributed by atoms with van der Waals surface area (Å²) in [6, 6.07) is 0. The van der Waals surface area contributed by atoms with Gasteiger partial charge in [0.25, 0.3) is 0 Å². The molecular formula is C14H26O3. The maximum atomic E-state index is 11.4. The Labute approximate surface area is 105 Å². The first-order chi connectivity index (χ1) is 8.20. The van der Waals surface area contributed by atoms with E-state index in [-0.39, 0.29) is 18.2 Å². The molecule has 0 spiro atoms. The van der Waals surface area contributed by atoms with Gasteiger partial charge >= 0.3 is 5.97 Å². The molecule has 0 N–H and O–H groups in total. The predicted molar refractivity (Wildman–Crippen MR) is 68.9 cm³/mol. The van der Waals surface area contributed by atoms with E-state index in [0.29, 0.717) is 13.0 Å². The molecule has 0 radical (unpaired) electrons. The quantitative estimate of drug-likeness (QED) is 0.315. The number of carbonyl (C=O) groups is 2. The Morgan fingerprint density at radius 2 is 1.47 bits per heavy atom. The van der Waals surface area contributed by atoms with Crippen molar-refractivity contribution in [1.29, 1.82) is 0 Å². The van der Waals surface area contributed by atoms with E-state index >= 15 is 0 Å². The normalized spacial score (nSPS) is 10.2. The second-order valence-corrected chi connectivity index (χ2v) is 4.39. The van der Waals surface area contributed by atoms with Crippen LogP contribution in [0.1, 0.15) is 71.6 Å². The van der Waals surface area contributed by atoms with Gasteiger partial charge in [0.2, 0.25) is 0 Å². The van der Waals surface area contributed by atoms with Crippen molar-refractivity contribution in [3.05, 3.63) is 0 Å². The largest absolute Gasteiger partial charge is 0.466 e. The van der Waals surface area contributed by atoms with Gasteiger partial charge in [0, 0.05) is 6.42 Å². The van der Waals surface area contributed by atoms with Crippen molar-refractivity contribution in [2.75, 3.05) is 6.61 Å². The maximum absolute atomic E-state index is 11.4. The first-order valence-electron chi connectivity index (χ1n) is 6.88. The molecule has 0 saturated heterocycles. The van der Waals surface area contributed by atoms with Gasteiger partial charge in [-0.3, -0.25) is 9.59 Å². The van der Waals surface area contributed by atoms with Gasteiger partial charge in [0.1, 0.15) is 12.2 Å². The lowest BCUT2D eigenvalue weighted by Crippen LogP contribution is -2.10. The Hall–Kier alpha value is -0.860. The Bertz CT molecular complexity index is 212. The molecule has 3 nitrogen and oxygen atoms in total. The van der Waals surface area contributed by atoms with E-state index in [1.54, 1.807) is 6.92 Å². The van der Waals surface area contributed by atoms with Crippen LogP contribution >= 0.6 is 0 Å². The topological polar surface area (TPSA) is 43.4 Å². The van der Waals surface area contributed by atoms with Crippen LogP contribution in [0.2, 0.25) is 0 Å². The Morgan fingerprint density at radius 3 is 2.06 bits per heavy atom. The van der Waals surface area contributed by atoms with Crippen molar-refractivity contribution in [3.63, 3.8) is 0 Å². The molecule has 3 heteroatoms. The predicted octanol–water partition coefficient (Wildman–Crippen LogP) is 3.65. The van der Waals surface area contributed by atoms with Gasteiger partial charge < -0.3 is 4.74 Å². The third kappa shape index (κ3) is 11.4. The number of unbranched alkanes of at least 4 members (excludes halogenated alkanes) is 6. The fourth-order valence-corrected chi connectivity index (χ4v) is 1.74. The van der Waals surface area contributed by atoms with Crippen LogP contribution in [-0.2, 0) is 14.3 Å². The summed E-state index contributed by atoms with van der Waals surface area (Å²) in [6.45, 7) is 4.30. The number of esters is 1. The maximum Gasteiger partial charge on any atom is 0.313 e. The molecule has 0 bridgehead atoms. The molecular weight excluding hydrogens is 216 g/mol. The summed E-state index contributed by atoms with van der Waals surface area (Å²) < 4.78 is 4.72. The zero-order chi connectivity index (χ0) is 12.9. The van der Waals surface area contributed by atoms with Crippen LogP contribution in [0.4, 0.5) is 0 Å². The molecule has 0 aliphatic rings. The number of ether oxygens (including phenoxy) is 1. The van der Waals surface area contributed by atoms with Crippen molar-refractivity contribution in [2.45, 2.75) is 71.6 Å². The van der Waals surface area contributed by atoms with Gasteiger partial charge in [0.15, 0.2) is 0 Å². The minimum Gasteiger partial charge on any atom is -0.466 e. The highest BCUT2D eigenvalue weighted by Crippen LogP contribution is 2.09. The summed E-state index contributed by atoms with van der Waals surface area (Å²) in [5.41, 5.74) is 0. The van der Waals surface area contributed by atoms with Crippen molar-refractivity contribution in [2.24, 2.45) is 0 Å². The van der Waals surface area contributed by atoms with Crippen LogP contribution in [0, 0.1) is 0 Å². The zero-order valence-electron chi connectivity index (χ0n) is 11.3. The van der Waals surface area contributed by atoms with Crippen molar-refractivity contribution in [1.82, 2.24) is 0 Å².